The van der Waals surface area contributed by atoms with Crippen LogP contribution in [-0.4, -0.2) is 13.5 Å². The van der Waals surface area contributed by atoms with Crippen LogP contribution in [0.4, 0.5) is 10.1 Å². The second kappa shape index (κ2) is 5.10. The Morgan fingerprint density at radius 2 is 2.05 bits per heavy atom. The van der Waals surface area contributed by atoms with Crippen LogP contribution in [0.1, 0.15) is 5.56 Å². The zero-order chi connectivity index (χ0) is 14.2. The van der Waals surface area contributed by atoms with Gasteiger partial charge in [-0.1, -0.05) is 0 Å². The van der Waals surface area contributed by atoms with Gasteiger partial charge in [0.2, 0.25) is 0 Å². The summed E-state index contributed by atoms with van der Waals surface area (Å²) in [5, 5.41) is 9.07. The van der Waals surface area contributed by atoms with Crippen LogP contribution >= 0.6 is 27.3 Å². The minimum absolute atomic E-state index is 0.0874. The van der Waals surface area contributed by atoms with E-state index in [1.807, 2.05) is 0 Å². The topological polar surface area (TPSA) is 66.4 Å². The van der Waals surface area contributed by atoms with Gasteiger partial charge in [0.25, 0.3) is 10.0 Å². The summed E-state index contributed by atoms with van der Waals surface area (Å²) in [6, 6.07) is 4.71. The standard InChI is InChI=1S/C11H9BrFNO3S2/c1-6-4-10(18-11(6)12)19(16,17)14-9-3-2-7(15)5-8(9)13/h2-5,14-15H,1H3. The van der Waals surface area contributed by atoms with Crippen molar-refractivity contribution in [1.82, 2.24) is 0 Å². The maximum atomic E-state index is 13.5. The van der Waals surface area contributed by atoms with Crippen LogP contribution in [0.25, 0.3) is 0 Å². The Kier molecular flexibility index (Phi) is 3.84. The molecule has 0 amide bonds. The van der Waals surface area contributed by atoms with E-state index in [0.717, 1.165) is 29.0 Å². The summed E-state index contributed by atoms with van der Waals surface area (Å²) in [6.07, 6.45) is 0. The van der Waals surface area contributed by atoms with E-state index < -0.39 is 15.8 Å². The van der Waals surface area contributed by atoms with E-state index in [1.165, 1.54) is 12.1 Å². The average molecular weight is 366 g/mol. The fourth-order valence-corrected chi connectivity index (χ4v) is 4.64. The minimum atomic E-state index is -3.83. The smallest absolute Gasteiger partial charge is 0.271 e. The van der Waals surface area contributed by atoms with Crippen molar-refractivity contribution in [2.45, 2.75) is 11.1 Å². The van der Waals surface area contributed by atoms with Crippen molar-refractivity contribution >= 4 is 43.0 Å². The van der Waals surface area contributed by atoms with E-state index >= 15 is 0 Å². The molecule has 2 aromatic rings. The van der Waals surface area contributed by atoms with Crippen LogP contribution in [0.3, 0.4) is 0 Å². The van der Waals surface area contributed by atoms with Gasteiger partial charge >= 0.3 is 0 Å². The van der Waals surface area contributed by atoms with E-state index in [4.69, 9.17) is 5.11 Å². The highest BCUT2D eigenvalue weighted by atomic mass is 79.9. The van der Waals surface area contributed by atoms with Crippen LogP contribution in [0.5, 0.6) is 5.75 Å². The quantitative estimate of drug-likeness (QED) is 0.818. The number of aromatic hydroxyl groups is 1. The first-order valence-corrected chi connectivity index (χ1v) is 8.16. The van der Waals surface area contributed by atoms with Gasteiger partial charge in [0.1, 0.15) is 9.96 Å². The molecule has 1 heterocycles. The predicted octanol–water partition coefficient (Wildman–Crippen LogP) is 3.46. The second-order valence-electron chi connectivity index (χ2n) is 3.79. The van der Waals surface area contributed by atoms with Gasteiger partial charge < -0.3 is 5.11 Å². The molecule has 0 fully saturated rings. The Labute approximate surface area is 122 Å². The Balaban J connectivity index is 2.36. The molecule has 0 saturated carbocycles. The molecular weight excluding hydrogens is 357 g/mol. The molecule has 2 N–H and O–H groups in total. The number of nitrogens with one attached hydrogen (secondary N) is 1. The third-order valence-electron chi connectivity index (χ3n) is 2.30. The number of thiophene rings is 1. The maximum absolute atomic E-state index is 13.5. The Bertz CT molecular complexity index is 708. The summed E-state index contributed by atoms with van der Waals surface area (Å²) in [6.45, 7) is 1.76. The van der Waals surface area contributed by atoms with Crippen molar-refractivity contribution in [3.8, 4) is 5.75 Å². The number of hydrogen-bond donors (Lipinski definition) is 2. The van der Waals surface area contributed by atoms with E-state index in [2.05, 4.69) is 20.7 Å². The zero-order valence-corrected chi connectivity index (χ0v) is 12.9. The number of hydrogen-bond acceptors (Lipinski definition) is 4. The summed E-state index contributed by atoms with van der Waals surface area (Å²) in [4.78, 5) is 0. The van der Waals surface area contributed by atoms with Crippen molar-refractivity contribution in [2.24, 2.45) is 0 Å². The molecule has 0 unspecified atom stereocenters. The van der Waals surface area contributed by atoms with Gasteiger partial charge in [0, 0.05) is 6.07 Å². The fourth-order valence-electron chi connectivity index (χ4n) is 1.35. The van der Waals surface area contributed by atoms with Gasteiger partial charge in [0.15, 0.2) is 5.82 Å². The number of sulfonamides is 1. The highest BCUT2D eigenvalue weighted by Gasteiger charge is 2.20. The highest BCUT2D eigenvalue weighted by Crippen LogP contribution is 2.32. The van der Waals surface area contributed by atoms with Gasteiger partial charge in [-0.3, -0.25) is 4.72 Å². The molecule has 1 aromatic heterocycles. The molecule has 4 nitrogen and oxygen atoms in total. The van der Waals surface area contributed by atoms with Crippen molar-refractivity contribution in [3.63, 3.8) is 0 Å². The number of aryl methyl sites for hydroxylation is 1. The van der Waals surface area contributed by atoms with Crippen molar-refractivity contribution in [3.05, 3.63) is 39.4 Å². The van der Waals surface area contributed by atoms with Crippen LogP contribution in [0, 0.1) is 12.7 Å². The fraction of sp³-hybridized carbons (Fsp3) is 0.0909. The third kappa shape index (κ3) is 3.07. The third-order valence-corrected chi connectivity index (χ3v) is 6.27. The van der Waals surface area contributed by atoms with Gasteiger partial charge in [-0.15, -0.1) is 11.3 Å². The molecule has 0 aliphatic heterocycles. The molecule has 0 saturated heterocycles. The molecule has 0 aliphatic carbocycles. The molecule has 0 radical (unpaired) electrons. The summed E-state index contributed by atoms with van der Waals surface area (Å²) < 4.78 is 40.5. The molecular formula is C11H9BrFNO3S2. The number of halogens is 2. The molecule has 19 heavy (non-hydrogen) atoms. The van der Waals surface area contributed by atoms with Crippen LogP contribution in [-0.2, 0) is 10.0 Å². The summed E-state index contributed by atoms with van der Waals surface area (Å²) in [7, 11) is -3.83. The van der Waals surface area contributed by atoms with Gasteiger partial charge in [0.05, 0.1) is 9.47 Å². The van der Waals surface area contributed by atoms with Crippen LogP contribution in [0.2, 0.25) is 0 Å². The maximum Gasteiger partial charge on any atom is 0.271 e. The SMILES string of the molecule is Cc1cc(S(=O)(=O)Nc2ccc(O)cc2F)sc1Br. The first-order valence-electron chi connectivity index (χ1n) is 5.07. The minimum Gasteiger partial charge on any atom is -0.508 e. The molecule has 102 valence electrons. The number of phenols is 1. The summed E-state index contributed by atoms with van der Waals surface area (Å²) in [5.41, 5.74) is 0.580. The number of phenolic OH excluding ortho intramolecular Hbond substituents is 1. The van der Waals surface area contributed by atoms with E-state index in [9.17, 15) is 12.8 Å². The molecule has 0 bridgehead atoms. The van der Waals surface area contributed by atoms with E-state index in [1.54, 1.807) is 6.92 Å². The normalized spacial score (nSPS) is 11.5. The Morgan fingerprint density at radius 1 is 1.37 bits per heavy atom. The summed E-state index contributed by atoms with van der Waals surface area (Å²) >= 11 is 4.28. The lowest BCUT2D eigenvalue weighted by atomic mass is 10.3. The van der Waals surface area contributed by atoms with Gasteiger partial charge in [-0.2, -0.15) is 0 Å². The highest BCUT2D eigenvalue weighted by molar-refractivity contribution is 9.11. The molecule has 0 aliphatic rings. The number of rotatable bonds is 3. The van der Waals surface area contributed by atoms with Crippen LogP contribution in [0.15, 0.2) is 32.3 Å². The van der Waals surface area contributed by atoms with Crippen molar-refractivity contribution in [2.75, 3.05) is 4.72 Å². The molecule has 1 aromatic carbocycles. The molecule has 0 atom stereocenters. The summed E-state index contributed by atoms with van der Waals surface area (Å²) in [5.74, 6) is -1.11. The van der Waals surface area contributed by atoms with Crippen LogP contribution < -0.4 is 4.72 Å². The Hall–Kier alpha value is -1.12. The predicted molar refractivity (Wildman–Crippen MR) is 75.6 cm³/mol. The van der Waals surface area contributed by atoms with E-state index in [0.29, 0.717) is 3.79 Å². The van der Waals surface area contributed by atoms with Crippen molar-refractivity contribution < 1.29 is 17.9 Å². The largest absolute Gasteiger partial charge is 0.508 e. The van der Waals surface area contributed by atoms with Crippen molar-refractivity contribution in [1.29, 1.82) is 0 Å². The Morgan fingerprint density at radius 3 is 2.58 bits per heavy atom. The number of anilines is 1. The molecule has 0 spiro atoms. The first-order chi connectivity index (χ1) is 8.79. The second-order valence-corrected chi connectivity index (χ2v) is 8.07. The zero-order valence-electron chi connectivity index (χ0n) is 9.65. The van der Waals surface area contributed by atoms with E-state index in [-0.39, 0.29) is 15.6 Å². The lowest BCUT2D eigenvalue weighted by Gasteiger charge is -2.07. The molecule has 8 heteroatoms. The molecule has 2 rings (SSSR count). The number of benzene rings is 1. The average Bonchev–Trinajstić information content (AvgIpc) is 2.64. The first kappa shape index (κ1) is 14.3. The van der Waals surface area contributed by atoms with Gasteiger partial charge in [-0.25, -0.2) is 12.8 Å². The monoisotopic (exact) mass is 365 g/mol. The van der Waals surface area contributed by atoms with Gasteiger partial charge in [-0.05, 0) is 46.6 Å². The lowest BCUT2D eigenvalue weighted by molar-refractivity contribution is 0.469. The lowest BCUT2D eigenvalue weighted by Crippen LogP contribution is -2.12.